The van der Waals surface area contributed by atoms with E-state index in [0.717, 1.165) is 17.1 Å². The normalized spacial score (nSPS) is 11.6. The SMILES string of the molecule is c1ccc2c(-c3ccc(N(c4ccc(-c5cccc6ccccc56)cc4)c4ccc5c6ccccc6n(-c6cccc7ccccc67)c5c4)cc3)cccc2c1. The van der Waals surface area contributed by atoms with Crippen LogP contribution in [0.1, 0.15) is 0 Å². The predicted octanol–water partition coefficient (Wildman–Crippen LogP) is 15.0. The van der Waals surface area contributed by atoms with Crippen LogP contribution in [-0.2, 0) is 0 Å². The van der Waals surface area contributed by atoms with Crippen LogP contribution >= 0.6 is 0 Å². The molecule has 0 saturated carbocycles. The lowest BCUT2D eigenvalue weighted by Gasteiger charge is -2.26. The van der Waals surface area contributed by atoms with Gasteiger partial charge in [0.05, 0.1) is 16.7 Å². The molecule has 0 radical (unpaired) electrons. The van der Waals surface area contributed by atoms with Gasteiger partial charge in [0.25, 0.3) is 0 Å². The molecule has 11 rings (SSSR count). The molecule has 0 aliphatic rings. The second kappa shape index (κ2) is 13.2. The molecule has 0 bridgehead atoms. The summed E-state index contributed by atoms with van der Waals surface area (Å²) in [5.41, 5.74) is 11.7. The molecule has 11 aromatic rings. The molecular formula is C54H36N2. The van der Waals surface area contributed by atoms with Gasteiger partial charge in [-0.05, 0) is 97.7 Å². The zero-order valence-electron chi connectivity index (χ0n) is 30.7. The molecule has 56 heavy (non-hydrogen) atoms. The van der Waals surface area contributed by atoms with Crippen molar-refractivity contribution in [1.29, 1.82) is 0 Å². The van der Waals surface area contributed by atoms with E-state index in [1.54, 1.807) is 0 Å². The third-order valence-electron chi connectivity index (χ3n) is 11.4. The highest BCUT2D eigenvalue weighted by atomic mass is 15.1. The Labute approximate surface area is 325 Å². The third-order valence-corrected chi connectivity index (χ3v) is 11.4. The fourth-order valence-electron chi connectivity index (χ4n) is 8.74. The number of hydrogen-bond acceptors (Lipinski definition) is 1. The van der Waals surface area contributed by atoms with Gasteiger partial charge < -0.3 is 9.47 Å². The van der Waals surface area contributed by atoms with Crippen molar-refractivity contribution in [3.05, 3.63) is 218 Å². The van der Waals surface area contributed by atoms with E-state index in [2.05, 4.69) is 228 Å². The van der Waals surface area contributed by atoms with Gasteiger partial charge in [-0.1, -0.05) is 170 Å². The first kappa shape index (κ1) is 32.0. The Balaban J connectivity index is 1.10. The molecule has 0 aliphatic carbocycles. The molecule has 0 saturated heterocycles. The van der Waals surface area contributed by atoms with Gasteiger partial charge in [-0.2, -0.15) is 0 Å². The number of anilines is 3. The van der Waals surface area contributed by atoms with Gasteiger partial charge in [0.1, 0.15) is 0 Å². The molecule has 262 valence electrons. The van der Waals surface area contributed by atoms with Gasteiger partial charge in [0, 0.05) is 33.2 Å². The minimum absolute atomic E-state index is 1.10. The first-order valence-corrected chi connectivity index (χ1v) is 19.3. The van der Waals surface area contributed by atoms with Crippen LogP contribution < -0.4 is 4.90 Å². The summed E-state index contributed by atoms with van der Waals surface area (Å²) in [7, 11) is 0. The molecule has 2 heteroatoms. The van der Waals surface area contributed by atoms with Crippen LogP contribution in [0.5, 0.6) is 0 Å². The smallest absolute Gasteiger partial charge is 0.0562 e. The second-order valence-corrected chi connectivity index (χ2v) is 14.5. The van der Waals surface area contributed by atoms with Crippen LogP contribution in [0.2, 0.25) is 0 Å². The molecule has 0 aliphatic heterocycles. The first-order valence-electron chi connectivity index (χ1n) is 19.3. The van der Waals surface area contributed by atoms with Gasteiger partial charge in [-0.3, -0.25) is 0 Å². The minimum Gasteiger partial charge on any atom is -0.310 e. The summed E-state index contributed by atoms with van der Waals surface area (Å²) in [6.07, 6.45) is 0. The number of aromatic nitrogens is 1. The average Bonchev–Trinajstić information content (AvgIpc) is 3.60. The lowest BCUT2D eigenvalue weighted by Crippen LogP contribution is -2.10. The fraction of sp³-hybridized carbons (Fsp3) is 0. The summed E-state index contributed by atoms with van der Waals surface area (Å²) in [6, 6.07) is 79.5. The van der Waals surface area contributed by atoms with Crippen LogP contribution in [0.25, 0.3) is 82.1 Å². The zero-order chi connectivity index (χ0) is 37.0. The summed E-state index contributed by atoms with van der Waals surface area (Å²) < 4.78 is 2.45. The number of benzene rings is 10. The summed E-state index contributed by atoms with van der Waals surface area (Å²) in [5, 5.41) is 9.95. The van der Waals surface area contributed by atoms with Gasteiger partial charge >= 0.3 is 0 Å². The van der Waals surface area contributed by atoms with Gasteiger partial charge in [-0.25, -0.2) is 0 Å². The van der Waals surface area contributed by atoms with Crippen molar-refractivity contribution in [3.8, 4) is 27.9 Å². The van der Waals surface area contributed by atoms with Crippen molar-refractivity contribution < 1.29 is 0 Å². The topological polar surface area (TPSA) is 8.17 Å². The number of nitrogens with zero attached hydrogens (tertiary/aromatic N) is 2. The van der Waals surface area contributed by atoms with E-state index in [0.29, 0.717) is 0 Å². The number of rotatable bonds is 6. The van der Waals surface area contributed by atoms with Gasteiger partial charge in [-0.15, -0.1) is 0 Å². The Hall–Kier alpha value is -7.42. The standard InChI is InChI=1S/C54H36N2/c1-4-18-45-37(12-1)15-9-22-47(45)40-26-30-42(31-27-40)55(43-32-28-41(29-33-43)48-23-10-16-38-13-2-5-19-46(38)48)44-34-35-51-50-21-7-8-24-53(50)56(54(51)36-44)52-25-11-17-39-14-3-6-20-49(39)52/h1-36H. The van der Waals surface area contributed by atoms with Crippen molar-refractivity contribution in [2.75, 3.05) is 4.90 Å². The number of fused-ring (bicyclic) bond motifs is 6. The predicted molar refractivity (Wildman–Crippen MR) is 239 cm³/mol. The highest BCUT2D eigenvalue weighted by Crippen LogP contribution is 2.42. The molecule has 0 spiro atoms. The van der Waals surface area contributed by atoms with Crippen molar-refractivity contribution in [3.63, 3.8) is 0 Å². The molecule has 2 nitrogen and oxygen atoms in total. The monoisotopic (exact) mass is 712 g/mol. The maximum atomic E-state index is 2.45. The van der Waals surface area contributed by atoms with Crippen molar-refractivity contribution in [1.82, 2.24) is 4.57 Å². The molecule has 1 heterocycles. The van der Waals surface area contributed by atoms with Gasteiger partial charge in [0.15, 0.2) is 0 Å². The number of hydrogen-bond donors (Lipinski definition) is 0. The summed E-state index contributed by atoms with van der Waals surface area (Å²) in [5.74, 6) is 0. The summed E-state index contributed by atoms with van der Waals surface area (Å²) in [4.78, 5) is 2.39. The molecule has 1 aromatic heterocycles. The quantitative estimate of drug-likeness (QED) is 0.167. The highest BCUT2D eigenvalue weighted by molar-refractivity contribution is 6.12. The van der Waals surface area contributed by atoms with E-state index in [1.165, 1.54) is 82.1 Å². The molecule has 0 fully saturated rings. The Morgan fingerprint density at radius 3 is 1.30 bits per heavy atom. The van der Waals surface area contributed by atoms with E-state index in [1.807, 2.05) is 0 Å². The highest BCUT2D eigenvalue weighted by Gasteiger charge is 2.19. The lowest BCUT2D eigenvalue weighted by atomic mass is 9.97. The third kappa shape index (κ3) is 5.26. The van der Waals surface area contributed by atoms with Crippen molar-refractivity contribution in [2.45, 2.75) is 0 Å². The summed E-state index contributed by atoms with van der Waals surface area (Å²) in [6.45, 7) is 0. The molecule has 10 aromatic carbocycles. The van der Waals surface area contributed by atoms with Crippen molar-refractivity contribution in [2.24, 2.45) is 0 Å². The molecule has 0 N–H and O–H groups in total. The minimum atomic E-state index is 1.10. The molecule has 0 unspecified atom stereocenters. The van der Waals surface area contributed by atoms with Crippen LogP contribution in [0.15, 0.2) is 218 Å². The van der Waals surface area contributed by atoms with Crippen LogP contribution in [0, 0.1) is 0 Å². The largest absolute Gasteiger partial charge is 0.310 e. The van der Waals surface area contributed by atoms with E-state index >= 15 is 0 Å². The molecule has 0 atom stereocenters. The van der Waals surface area contributed by atoms with Crippen LogP contribution in [-0.4, -0.2) is 4.57 Å². The number of para-hydroxylation sites is 1. The van der Waals surface area contributed by atoms with Gasteiger partial charge in [0.2, 0.25) is 0 Å². The lowest BCUT2D eigenvalue weighted by molar-refractivity contribution is 1.19. The Morgan fingerprint density at radius 2 is 0.714 bits per heavy atom. The molecule has 0 amide bonds. The Bertz CT molecular complexity index is 3100. The van der Waals surface area contributed by atoms with E-state index in [9.17, 15) is 0 Å². The maximum absolute atomic E-state index is 2.45. The van der Waals surface area contributed by atoms with Crippen LogP contribution in [0.3, 0.4) is 0 Å². The van der Waals surface area contributed by atoms with Crippen molar-refractivity contribution >= 4 is 71.2 Å². The Morgan fingerprint density at radius 1 is 0.286 bits per heavy atom. The van der Waals surface area contributed by atoms with E-state index < -0.39 is 0 Å². The summed E-state index contributed by atoms with van der Waals surface area (Å²) >= 11 is 0. The first-order chi connectivity index (χ1) is 27.8. The van der Waals surface area contributed by atoms with E-state index in [-0.39, 0.29) is 0 Å². The maximum Gasteiger partial charge on any atom is 0.0562 e. The second-order valence-electron chi connectivity index (χ2n) is 14.5. The zero-order valence-corrected chi connectivity index (χ0v) is 30.7. The molecular weight excluding hydrogens is 677 g/mol. The van der Waals surface area contributed by atoms with E-state index in [4.69, 9.17) is 0 Å². The average molecular weight is 713 g/mol. The van der Waals surface area contributed by atoms with Crippen LogP contribution in [0.4, 0.5) is 17.1 Å². The Kier molecular flexibility index (Phi) is 7.53. The fourth-order valence-corrected chi connectivity index (χ4v) is 8.74.